The number of amides is 3. The molecule has 3 amide bonds. The Morgan fingerprint density at radius 3 is 2.67 bits per heavy atom. The second kappa shape index (κ2) is 8.07. The predicted octanol–water partition coefficient (Wildman–Crippen LogP) is 1.09. The summed E-state index contributed by atoms with van der Waals surface area (Å²) in [4.78, 5) is 25.1. The maximum atomic E-state index is 11.8. The zero-order chi connectivity index (χ0) is 15.1. The third-order valence-corrected chi connectivity index (χ3v) is 3.87. The van der Waals surface area contributed by atoms with E-state index in [0.717, 1.165) is 32.3 Å². The van der Waals surface area contributed by atoms with Crippen LogP contribution in [0.1, 0.15) is 32.6 Å². The summed E-state index contributed by atoms with van der Waals surface area (Å²) < 4.78 is 10.4. The number of hydrogen-bond acceptors (Lipinski definition) is 4. The van der Waals surface area contributed by atoms with E-state index in [1.165, 1.54) is 0 Å². The fraction of sp³-hybridized carbons (Fsp3) is 0.857. The lowest BCUT2D eigenvalue weighted by molar-refractivity contribution is 0.0952. The van der Waals surface area contributed by atoms with E-state index < -0.39 is 0 Å². The number of carbonyl (C=O) groups excluding carboxylic acids is 2. The molecule has 0 aromatic heterocycles. The summed E-state index contributed by atoms with van der Waals surface area (Å²) >= 11 is 0. The Balaban J connectivity index is 1.61. The minimum absolute atomic E-state index is 0.111. The molecule has 0 radical (unpaired) electrons. The van der Waals surface area contributed by atoms with Crippen molar-refractivity contribution in [1.29, 1.82) is 0 Å². The lowest BCUT2D eigenvalue weighted by Crippen LogP contribution is -2.50. The van der Waals surface area contributed by atoms with E-state index in [1.54, 1.807) is 11.8 Å². The van der Waals surface area contributed by atoms with Crippen LogP contribution >= 0.6 is 0 Å². The second-order valence-corrected chi connectivity index (χ2v) is 5.45. The zero-order valence-corrected chi connectivity index (χ0v) is 12.6. The van der Waals surface area contributed by atoms with Crippen molar-refractivity contribution in [3.05, 3.63) is 0 Å². The quantitative estimate of drug-likeness (QED) is 0.814. The third-order valence-electron chi connectivity index (χ3n) is 3.87. The molecule has 0 aromatic carbocycles. The van der Waals surface area contributed by atoms with Gasteiger partial charge in [-0.2, -0.15) is 0 Å². The van der Waals surface area contributed by atoms with E-state index in [9.17, 15) is 9.59 Å². The molecule has 2 aliphatic heterocycles. The average molecular weight is 299 g/mol. The van der Waals surface area contributed by atoms with E-state index in [-0.39, 0.29) is 24.3 Å². The van der Waals surface area contributed by atoms with Crippen LogP contribution in [0.5, 0.6) is 0 Å². The molecule has 1 atom stereocenters. The van der Waals surface area contributed by atoms with Crippen molar-refractivity contribution in [2.24, 2.45) is 0 Å². The summed E-state index contributed by atoms with van der Waals surface area (Å²) in [7, 11) is 0. The molecule has 0 aliphatic carbocycles. The van der Waals surface area contributed by atoms with Gasteiger partial charge in [0.2, 0.25) is 0 Å². The first-order chi connectivity index (χ1) is 10.2. The summed E-state index contributed by atoms with van der Waals surface area (Å²) in [6.07, 6.45) is 3.48. The normalized spacial score (nSPS) is 22.9. The molecular formula is C14H25N3O4. The van der Waals surface area contributed by atoms with Gasteiger partial charge in [-0.3, -0.25) is 0 Å². The summed E-state index contributed by atoms with van der Waals surface area (Å²) in [5.41, 5.74) is 0. The van der Waals surface area contributed by atoms with Crippen molar-refractivity contribution in [2.75, 3.05) is 32.8 Å². The van der Waals surface area contributed by atoms with Crippen LogP contribution in [-0.2, 0) is 9.47 Å². The number of piperidine rings is 1. The van der Waals surface area contributed by atoms with Gasteiger partial charge in [0, 0.05) is 32.3 Å². The number of nitrogens with zero attached hydrogens (tertiary/aromatic N) is 1. The molecule has 0 saturated carbocycles. The first kappa shape index (κ1) is 15.9. The molecule has 7 nitrogen and oxygen atoms in total. The van der Waals surface area contributed by atoms with Gasteiger partial charge < -0.3 is 25.0 Å². The minimum Gasteiger partial charge on any atom is -0.450 e. The van der Waals surface area contributed by atoms with Crippen molar-refractivity contribution >= 4 is 12.1 Å². The highest BCUT2D eigenvalue weighted by Crippen LogP contribution is 2.12. The molecule has 1 unspecified atom stereocenters. The molecule has 21 heavy (non-hydrogen) atoms. The topological polar surface area (TPSA) is 79.9 Å². The Morgan fingerprint density at radius 2 is 2.05 bits per heavy atom. The molecular weight excluding hydrogens is 274 g/mol. The van der Waals surface area contributed by atoms with E-state index in [2.05, 4.69) is 10.6 Å². The standard InChI is InChI=1S/C14H25N3O4/c1-2-20-14(19)17-7-5-11(6-8-17)16-13(18)15-10-12-4-3-9-21-12/h11-12H,2-10H2,1H3,(H2,15,16,18). The van der Waals surface area contributed by atoms with Gasteiger partial charge in [-0.15, -0.1) is 0 Å². The molecule has 2 fully saturated rings. The third kappa shape index (κ3) is 5.08. The predicted molar refractivity (Wildman–Crippen MR) is 77.1 cm³/mol. The van der Waals surface area contributed by atoms with Gasteiger partial charge in [-0.05, 0) is 32.6 Å². The van der Waals surface area contributed by atoms with Crippen molar-refractivity contribution in [3.8, 4) is 0 Å². The van der Waals surface area contributed by atoms with Crippen LogP contribution in [0.3, 0.4) is 0 Å². The van der Waals surface area contributed by atoms with Gasteiger partial charge in [0.05, 0.1) is 12.7 Å². The van der Waals surface area contributed by atoms with Crippen molar-refractivity contribution in [2.45, 2.75) is 44.8 Å². The highest BCUT2D eigenvalue weighted by Gasteiger charge is 2.24. The number of carbonyl (C=O) groups is 2. The van der Waals surface area contributed by atoms with Crippen molar-refractivity contribution < 1.29 is 19.1 Å². The molecule has 2 saturated heterocycles. The Bertz CT molecular complexity index is 350. The summed E-state index contributed by atoms with van der Waals surface area (Å²) in [5.74, 6) is 0. The largest absolute Gasteiger partial charge is 0.450 e. The van der Waals surface area contributed by atoms with Gasteiger partial charge in [0.25, 0.3) is 0 Å². The molecule has 0 aromatic rings. The summed E-state index contributed by atoms with van der Waals surface area (Å²) in [6, 6.07) is -0.0414. The maximum Gasteiger partial charge on any atom is 0.409 e. The number of nitrogens with one attached hydrogen (secondary N) is 2. The first-order valence-electron chi connectivity index (χ1n) is 7.76. The average Bonchev–Trinajstić information content (AvgIpc) is 2.99. The van der Waals surface area contributed by atoms with E-state index in [0.29, 0.717) is 26.2 Å². The van der Waals surface area contributed by atoms with Crippen LogP contribution in [-0.4, -0.2) is 62.0 Å². The van der Waals surface area contributed by atoms with Crippen LogP contribution < -0.4 is 10.6 Å². The SMILES string of the molecule is CCOC(=O)N1CCC(NC(=O)NCC2CCCO2)CC1. The van der Waals surface area contributed by atoms with Crippen LogP contribution in [0, 0.1) is 0 Å². The van der Waals surface area contributed by atoms with Gasteiger partial charge >= 0.3 is 12.1 Å². The molecule has 7 heteroatoms. The van der Waals surface area contributed by atoms with E-state index in [4.69, 9.17) is 9.47 Å². The van der Waals surface area contributed by atoms with Crippen LogP contribution in [0.25, 0.3) is 0 Å². The number of rotatable bonds is 4. The number of urea groups is 1. The highest BCUT2D eigenvalue weighted by molar-refractivity contribution is 5.74. The number of hydrogen-bond donors (Lipinski definition) is 2. The van der Waals surface area contributed by atoms with Crippen molar-refractivity contribution in [1.82, 2.24) is 15.5 Å². The monoisotopic (exact) mass is 299 g/mol. The molecule has 2 heterocycles. The highest BCUT2D eigenvalue weighted by atomic mass is 16.6. The number of ether oxygens (including phenoxy) is 2. The molecule has 0 spiro atoms. The Labute approximate surface area is 125 Å². The maximum absolute atomic E-state index is 11.8. The fourth-order valence-electron chi connectivity index (χ4n) is 2.67. The fourth-order valence-corrected chi connectivity index (χ4v) is 2.67. The van der Waals surface area contributed by atoms with Gasteiger partial charge in [0.1, 0.15) is 0 Å². The zero-order valence-electron chi connectivity index (χ0n) is 12.6. The first-order valence-corrected chi connectivity index (χ1v) is 7.76. The Hall–Kier alpha value is -1.50. The van der Waals surface area contributed by atoms with E-state index in [1.807, 2.05) is 0 Å². The minimum atomic E-state index is -0.265. The van der Waals surface area contributed by atoms with Gasteiger partial charge in [-0.25, -0.2) is 9.59 Å². The van der Waals surface area contributed by atoms with E-state index >= 15 is 0 Å². The molecule has 2 aliphatic rings. The smallest absolute Gasteiger partial charge is 0.409 e. The Morgan fingerprint density at radius 1 is 1.29 bits per heavy atom. The van der Waals surface area contributed by atoms with Crippen LogP contribution in [0.2, 0.25) is 0 Å². The Kier molecular flexibility index (Phi) is 6.10. The van der Waals surface area contributed by atoms with Gasteiger partial charge in [-0.1, -0.05) is 0 Å². The van der Waals surface area contributed by atoms with Gasteiger partial charge in [0.15, 0.2) is 0 Å². The molecule has 2 rings (SSSR count). The summed E-state index contributed by atoms with van der Waals surface area (Å²) in [6.45, 7) is 4.78. The molecule has 120 valence electrons. The molecule has 0 bridgehead atoms. The lowest BCUT2D eigenvalue weighted by Gasteiger charge is -2.31. The van der Waals surface area contributed by atoms with Crippen LogP contribution in [0.15, 0.2) is 0 Å². The second-order valence-electron chi connectivity index (χ2n) is 5.45. The lowest BCUT2D eigenvalue weighted by atomic mass is 10.1. The summed E-state index contributed by atoms with van der Waals surface area (Å²) in [5, 5.41) is 5.80. The molecule has 2 N–H and O–H groups in total. The van der Waals surface area contributed by atoms with Crippen molar-refractivity contribution in [3.63, 3.8) is 0 Å². The number of likely N-dealkylation sites (tertiary alicyclic amines) is 1. The van der Waals surface area contributed by atoms with Crippen LogP contribution in [0.4, 0.5) is 9.59 Å².